The second-order valence-electron chi connectivity index (χ2n) is 3.37. The molecule has 0 aliphatic rings. The lowest BCUT2D eigenvalue weighted by Gasteiger charge is -2.03. The van der Waals surface area contributed by atoms with E-state index in [1.165, 1.54) is 18.2 Å². The van der Waals surface area contributed by atoms with Gasteiger partial charge in [0.15, 0.2) is 5.69 Å². The lowest BCUT2D eigenvalue weighted by atomic mass is 10.3. The molecule has 0 aliphatic carbocycles. The van der Waals surface area contributed by atoms with Crippen LogP contribution < -0.4 is 4.74 Å². The molecule has 88 valence electrons. The predicted octanol–water partition coefficient (Wildman–Crippen LogP) is 1.39. The molecule has 0 aliphatic heterocycles. The first kappa shape index (κ1) is 11.0. The van der Waals surface area contributed by atoms with Gasteiger partial charge in [-0.2, -0.15) is 5.10 Å². The Morgan fingerprint density at radius 3 is 2.65 bits per heavy atom. The van der Waals surface area contributed by atoms with Crippen LogP contribution in [0.25, 0.3) is 0 Å². The third-order valence-corrected chi connectivity index (χ3v) is 2.08. The van der Waals surface area contributed by atoms with Gasteiger partial charge < -0.3 is 14.9 Å². The Bertz CT molecular complexity index is 519. The van der Waals surface area contributed by atoms with Crippen molar-refractivity contribution >= 4 is 5.97 Å². The zero-order chi connectivity index (χ0) is 12.3. The zero-order valence-electron chi connectivity index (χ0n) is 8.75. The lowest BCUT2D eigenvalue weighted by molar-refractivity contribution is 0.0690. The molecular weight excluding hydrogens is 224 g/mol. The molecule has 0 radical (unpaired) electrons. The number of rotatable bonds is 4. The number of nitrogens with one attached hydrogen (secondary N) is 1. The highest BCUT2D eigenvalue weighted by Crippen LogP contribution is 2.16. The summed E-state index contributed by atoms with van der Waals surface area (Å²) >= 11 is 0. The van der Waals surface area contributed by atoms with Crippen LogP contribution >= 0.6 is 0 Å². The Kier molecular flexibility index (Phi) is 2.95. The average Bonchev–Trinajstić information content (AvgIpc) is 2.77. The summed E-state index contributed by atoms with van der Waals surface area (Å²) < 4.78 is 5.36. The number of phenolic OH excluding ortho intramolecular Hbond substituents is 1. The predicted molar refractivity (Wildman–Crippen MR) is 58.0 cm³/mol. The largest absolute Gasteiger partial charge is 0.508 e. The van der Waals surface area contributed by atoms with E-state index in [-0.39, 0.29) is 18.1 Å². The molecule has 0 amide bonds. The van der Waals surface area contributed by atoms with Gasteiger partial charge in [0, 0.05) is 0 Å². The van der Waals surface area contributed by atoms with E-state index in [1.54, 1.807) is 12.1 Å². The Balaban J connectivity index is 1.97. The summed E-state index contributed by atoms with van der Waals surface area (Å²) in [5.74, 6) is -0.349. The standard InChI is InChI=1S/C11H10N2O4/c14-8-1-3-9(4-2-8)17-6-7-5-10(11(15)16)13-12-7/h1-5,14H,6H2,(H,12,13)(H,15,16). The van der Waals surface area contributed by atoms with Gasteiger partial charge >= 0.3 is 5.97 Å². The molecule has 1 aromatic heterocycles. The maximum Gasteiger partial charge on any atom is 0.356 e. The summed E-state index contributed by atoms with van der Waals surface area (Å²) in [6, 6.07) is 7.65. The van der Waals surface area contributed by atoms with Crippen molar-refractivity contribution in [2.45, 2.75) is 6.61 Å². The first-order valence-electron chi connectivity index (χ1n) is 4.84. The fourth-order valence-corrected chi connectivity index (χ4v) is 1.25. The van der Waals surface area contributed by atoms with Crippen molar-refractivity contribution in [3.05, 3.63) is 41.7 Å². The van der Waals surface area contributed by atoms with Crippen molar-refractivity contribution in [2.75, 3.05) is 0 Å². The Labute approximate surface area is 96.5 Å². The number of aromatic carboxylic acids is 1. The first-order valence-corrected chi connectivity index (χ1v) is 4.84. The number of H-pyrrole nitrogens is 1. The number of aromatic amines is 1. The molecule has 2 aromatic rings. The number of phenols is 1. The SMILES string of the molecule is O=C(O)c1cc(COc2ccc(O)cc2)[nH]n1. The molecule has 17 heavy (non-hydrogen) atoms. The fourth-order valence-electron chi connectivity index (χ4n) is 1.25. The number of benzene rings is 1. The number of hydrogen-bond acceptors (Lipinski definition) is 4. The van der Waals surface area contributed by atoms with Crippen molar-refractivity contribution in [1.82, 2.24) is 10.2 Å². The molecule has 0 saturated heterocycles. The van der Waals surface area contributed by atoms with E-state index >= 15 is 0 Å². The normalized spacial score (nSPS) is 10.1. The van der Waals surface area contributed by atoms with Crippen LogP contribution in [0.4, 0.5) is 0 Å². The summed E-state index contributed by atoms with van der Waals surface area (Å²) in [6.45, 7) is 0.186. The Morgan fingerprint density at radius 1 is 1.35 bits per heavy atom. The highest BCUT2D eigenvalue weighted by Gasteiger charge is 2.08. The maximum absolute atomic E-state index is 10.6. The van der Waals surface area contributed by atoms with E-state index in [9.17, 15) is 4.79 Å². The van der Waals surface area contributed by atoms with Gasteiger partial charge in [-0.3, -0.25) is 5.10 Å². The molecule has 0 bridgehead atoms. The number of carbonyl (C=O) groups is 1. The molecular formula is C11H10N2O4. The second kappa shape index (κ2) is 4.56. The minimum absolute atomic E-state index is 0.0469. The molecule has 6 heteroatoms. The molecule has 0 saturated carbocycles. The van der Waals surface area contributed by atoms with Crippen LogP contribution in [0.5, 0.6) is 11.5 Å². The third kappa shape index (κ3) is 2.75. The number of ether oxygens (including phenoxy) is 1. The van der Waals surface area contributed by atoms with Crippen LogP contribution in [0.15, 0.2) is 30.3 Å². The number of aromatic nitrogens is 2. The number of carboxylic acids is 1. The molecule has 0 atom stereocenters. The first-order chi connectivity index (χ1) is 8.15. The highest BCUT2D eigenvalue weighted by molar-refractivity contribution is 5.85. The van der Waals surface area contributed by atoms with Crippen molar-refractivity contribution in [2.24, 2.45) is 0 Å². The lowest BCUT2D eigenvalue weighted by Crippen LogP contribution is -1.96. The van der Waals surface area contributed by atoms with Crippen LogP contribution in [0.2, 0.25) is 0 Å². The third-order valence-electron chi connectivity index (χ3n) is 2.08. The maximum atomic E-state index is 10.6. The van der Waals surface area contributed by atoms with E-state index in [4.69, 9.17) is 14.9 Å². The van der Waals surface area contributed by atoms with E-state index in [0.717, 1.165) is 0 Å². The van der Waals surface area contributed by atoms with Gasteiger partial charge in [-0.15, -0.1) is 0 Å². The minimum atomic E-state index is -1.09. The van der Waals surface area contributed by atoms with E-state index in [0.29, 0.717) is 11.4 Å². The van der Waals surface area contributed by atoms with Crippen molar-refractivity contribution < 1.29 is 19.7 Å². The molecule has 0 fully saturated rings. The summed E-state index contributed by atoms with van der Waals surface area (Å²) in [5.41, 5.74) is 0.518. The molecule has 1 aromatic carbocycles. The smallest absolute Gasteiger partial charge is 0.356 e. The topological polar surface area (TPSA) is 95.4 Å². The highest BCUT2D eigenvalue weighted by atomic mass is 16.5. The Morgan fingerprint density at radius 2 is 2.06 bits per heavy atom. The molecule has 2 rings (SSSR count). The molecule has 3 N–H and O–H groups in total. The van der Waals surface area contributed by atoms with E-state index in [2.05, 4.69) is 10.2 Å². The molecule has 1 heterocycles. The van der Waals surface area contributed by atoms with Gasteiger partial charge in [-0.05, 0) is 30.3 Å². The van der Waals surface area contributed by atoms with Gasteiger partial charge in [-0.25, -0.2) is 4.79 Å². The molecule has 0 unspecified atom stereocenters. The van der Waals surface area contributed by atoms with Crippen LogP contribution in [-0.2, 0) is 6.61 Å². The Hall–Kier alpha value is -2.50. The average molecular weight is 234 g/mol. The fraction of sp³-hybridized carbons (Fsp3) is 0.0909. The molecule has 6 nitrogen and oxygen atoms in total. The second-order valence-corrected chi connectivity index (χ2v) is 3.37. The van der Waals surface area contributed by atoms with E-state index in [1.807, 2.05) is 0 Å². The summed E-state index contributed by atoms with van der Waals surface area (Å²) in [7, 11) is 0. The van der Waals surface area contributed by atoms with Crippen molar-refractivity contribution in [3.63, 3.8) is 0 Å². The number of aromatic hydroxyl groups is 1. The monoisotopic (exact) mass is 234 g/mol. The van der Waals surface area contributed by atoms with Crippen LogP contribution in [-0.4, -0.2) is 26.4 Å². The van der Waals surface area contributed by atoms with Gasteiger partial charge in [0.25, 0.3) is 0 Å². The van der Waals surface area contributed by atoms with Crippen LogP contribution in [0, 0.1) is 0 Å². The van der Waals surface area contributed by atoms with Crippen molar-refractivity contribution in [3.8, 4) is 11.5 Å². The van der Waals surface area contributed by atoms with Crippen LogP contribution in [0.3, 0.4) is 0 Å². The van der Waals surface area contributed by atoms with Crippen LogP contribution in [0.1, 0.15) is 16.2 Å². The summed E-state index contributed by atoms with van der Waals surface area (Å²) in [5, 5.41) is 23.9. The number of nitrogens with zero attached hydrogens (tertiary/aromatic N) is 1. The van der Waals surface area contributed by atoms with Gasteiger partial charge in [0.05, 0.1) is 5.69 Å². The number of carboxylic acid groups (broad SMARTS) is 1. The summed E-state index contributed by atoms with van der Waals surface area (Å²) in [4.78, 5) is 10.6. The minimum Gasteiger partial charge on any atom is -0.508 e. The van der Waals surface area contributed by atoms with E-state index < -0.39 is 5.97 Å². The zero-order valence-corrected chi connectivity index (χ0v) is 8.75. The number of hydrogen-bond donors (Lipinski definition) is 3. The van der Waals surface area contributed by atoms with Crippen molar-refractivity contribution in [1.29, 1.82) is 0 Å². The van der Waals surface area contributed by atoms with Gasteiger partial charge in [0.1, 0.15) is 18.1 Å². The quantitative estimate of drug-likeness (QED) is 0.743. The van der Waals surface area contributed by atoms with Gasteiger partial charge in [-0.1, -0.05) is 0 Å². The molecule has 0 spiro atoms. The summed E-state index contributed by atoms with van der Waals surface area (Å²) in [6.07, 6.45) is 0. The van der Waals surface area contributed by atoms with Gasteiger partial charge in [0.2, 0.25) is 0 Å².